The fourth-order valence-electron chi connectivity index (χ4n) is 1.39. The molecule has 0 bridgehead atoms. The van der Waals surface area contributed by atoms with E-state index in [0.29, 0.717) is 0 Å². The summed E-state index contributed by atoms with van der Waals surface area (Å²) in [5.74, 6) is -0.272. The number of rotatable bonds is 4. The lowest BCUT2D eigenvalue weighted by Gasteiger charge is -1.94. The normalized spacial score (nSPS) is 10.5. The molecule has 0 aromatic carbocycles. The van der Waals surface area contributed by atoms with E-state index < -0.39 is 0 Å². The molecule has 0 radical (unpaired) electrons. The van der Waals surface area contributed by atoms with Gasteiger partial charge in [0, 0.05) is 23.7 Å². The Labute approximate surface area is 103 Å². The van der Waals surface area contributed by atoms with Crippen LogP contribution >= 0.6 is 11.3 Å². The van der Waals surface area contributed by atoms with Crippen molar-refractivity contribution in [2.24, 2.45) is 0 Å². The van der Waals surface area contributed by atoms with Crippen LogP contribution in [0, 0.1) is 0 Å². The van der Waals surface area contributed by atoms with Crippen LogP contribution in [-0.4, -0.2) is 27.8 Å². The van der Waals surface area contributed by atoms with Gasteiger partial charge in [-0.3, -0.25) is 9.48 Å². The molecule has 2 heterocycles. The Morgan fingerprint density at radius 2 is 2.41 bits per heavy atom. The molecule has 90 valence electrons. The Kier molecular flexibility index (Phi) is 3.53. The van der Waals surface area contributed by atoms with Gasteiger partial charge in [-0.2, -0.15) is 5.10 Å². The Balaban J connectivity index is 2.14. The lowest BCUT2D eigenvalue weighted by molar-refractivity contribution is -0.139. The summed E-state index contributed by atoms with van der Waals surface area (Å²) >= 11 is 1.51. The molecule has 0 saturated carbocycles. The minimum atomic E-state index is -0.272. The van der Waals surface area contributed by atoms with Gasteiger partial charge in [0.1, 0.15) is 5.01 Å². The molecule has 17 heavy (non-hydrogen) atoms. The van der Waals surface area contributed by atoms with E-state index in [1.807, 2.05) is 23.2 Å². The molecule has 6 heteroatoms. The molecule has 5 nitrogen and oxygen atoms in total. The summed E-state index contributed by atoms with van der Waals surface area (Å²) in [6.45, 7) is 2.86. The van der Waals surface area contributed by atoms with Gasteiger partial charge in [-0.1, -0.05) is 0 Å². The maximum atomic E-state index is 11.1. The number of aryl methyl sites for hydroxylation is 1. The zero-order chi connectivity index (χ0) is 12.3. The monoisotopic (exact) mass is 251 g/mol. The van der Waals surface area contributed by atoms with Crippen molar-refractivity contribution >= 4 is 17.3 Å². The van der Waals surface area contributed by atoms with Crippen molar-refractivity contribution in [3.05, 3.63) is 23.5 Å². The van der Waals surface area contributed by atoms with Crippen LogP contribution in [0.4, 0.5) is 0 Å². The lowest BCUT2D eigenvalue weighted by atomic mass is 10.3. The molecule has 0 unspecified atom stereocenters. The first-order valence-electron chi connectivity index (χ1n) is 5.27. The number of nitrogens with zero attached hydrogens (tertiary/aromatic N) is 3. The zero-order valence-electron chi connectivity index (χ0n) is 9.71. The summed E-state index contributed by atoms with van der Waals surface area (Å²) in [6, 6.07) is 0. The summed E-state index contributed by atoms with van der Waals surface area (Å²) in [4.78, 5) is 15.5. The summed E-state index contributed by atoms with van der Waals surface area (Å²) in [7, 11) is 1.38. The molecule has 2 aromatic heterocycles. The molecule has 0 spiro atoms. The van der Waals surface area contributed by atoms with Crippen molar-refractivity contribution in [1.82, 2.24) is 14.8 Å². The zero-order valence-corrected chi connectivity index (χ0v) is 10.5. The number of carbonyl (C=O) groups is 1. The molecule has 0 saturated heterocycles. The Morgan fingerprint density at radius 3 is 3.06 bits per heavy atom. The van der Waals surface area contributed by atoms with Crippen LogP contribution in [0.3, 0.4) is 0 Å². The average molecular weight is 251 g/mol. The van der Waals surface area contributed by atoms with E-state index >= 15 is 0 Å². The van der Waals surface area contributed by atoms with E-state index in [1.165, 1.54) is 18.4 Å². The maximum Gasteiger partial charge on any atom is 0.311 e. The molecule has 0 aliphatic heterocycles. The molecule has 0 amide bonds. The van der Waals surface area contributed by atoms with Gasteiger partial charge >= 0.3 is 5.97 Å². The Bertz CT molecular complexity index is 518. The first kappa shape index (κ1) is 11.8. The highest BCUT2D eigenvalue weighted by molar-refractivity contribution is 7.13. The molecule has 0 atom stereocenters. The van der Waals surface area contributed by atoms with Crippen LogP contribution < -0.4 is 0 Å². The van der Waals surface area contributed by atoms with Gasteiger partial charge < -0.3 is 4.74 Å². The van der Waals surface area contributed by atoms with Crippen LogP contribution in [0.15, 0.2) is 17.8 Å². The van der Waals surface area contributed by atoms with E-state index in [1.54, 1.807) is 6.20 Å². The number of aromatic nitrogens is 3. The predicted octanol–water partition coefficient (Wildman–Crippen LogP) is 1.74. The second-order valence-electron chi connectivity index (χ2n) is 3.48. The molecule has 2 rings (SSSR count). The minimum Gasteiger partial charge on any atom is -0.469 e. The average Bonchev–Trinajstić information content (AvgIpc) is 2.96. The van der Waals surface area contributed by atoms with Crippen LogP contribution in [0.2, 0.25) is 0 Å². The van der Waals surface area contributed by atoms with Gasteiger partial charge in [-0.25, -0.2) is 4.98 Å². The molecular weight excluding hydrogens is 238 g/mol. The maximum absolute atomic E-state index is 11.1. The van der Waals surface area contributed by atoms with Gasteiger partial charge in [-0.05, 0) is 6.92 Å². The summed E-state index contributed by atoms with van der Waals surface area (Å²) in [5.41, 5.74) is 1.72. The number of hydrogen-bond donors (Lipinski definition) is 0. The lowest BCUT2D eigenvalue weighted by Crippen LogP contribution is -2.04. The Morgan fingerprint density at radius 1 is 1.59 bits per heavy atom. The van der Waals surface area contributed by atoms with Crippen molar-refractivity contribution in [3.63, 3.8) is 0 Å². The highest BCUT2D eigenvalue weighted by Crippen LogP contribution is 2.23. The van der Waals surface area contributed by atoms with Crippen molar-refractivity contribution in [1.29, 1.82) is 0 Å². The summed E-state index contributed by atoms with van der Waals surface area (Å²) < 4.78 is 6.44. The number of ether oxygens (including phenoxy) is 1. The largest absolute Gasteiger partial charge is 0.469 e. The quantitative estimate of drug-likeness (QED) is 0.777. The standard InChI is InChI=1S/C11H13N3O2S/c1-3-14-6-8(5-12-14)11-13-9(7-17-11)4-10(15)16-2/h5-7H,3-4H2,1-2H3. The third-order valence-electron chi connectivity index (χ3n) is 2.31. The minimum absolute atomic E-state index is 0.217. The molecule has 0 fully saturated rings. The fourth-order valence-corrected chi connectivity index (χ4v) is 2.18. The third kappa shape index (κ3) is 2.71. The first-order chi connectivity index (χ1) is 8.22. The molecular formula is C11H13N3O2S. The second-order valence-corrected chi connectivity index (χ2v) is 4.34. The predicted molar refractivity (Wildman–Crippen MR) is 64.7 cm³/mol. The van der Waals surface area contributed by atoms with Crippen LogP contribution in [0.25, 0.3) is 10.6 Å². The van der Waals surface area contributed by atoms with Crippen molar-refractivity contribution < 1.29 is 9.53 Å². The smallest absolute Gasteiger partial charge is 0.311 e. The molecule has 0 N–H and O–H groups in total. The van der Waals surface area contributed by atoms with Crippen molar-refractivity contribution in [2.45, 2.75) is 19.9 Å². The topological polar surface area (TPSA) is 57.0 Å². The van der Waals surface area contributed by atoms with E-state index in [2.05, 4.69) is 14.8 Å². The second kappa shape index (κ2) is 5.09. The van der Waals surface area contributed by atoms with Gasteiger partial charge in [0.15, 0.2) is 0 Å². The van der Waals surface area contributed by atoms with E-state index in [0.717, 1.165) is 22.8 Å². The third-order valence-corrected chi connectivity index (χ3v) is 3.25. The van der Waals surface area contributed by atoms with E-state index in [4.69, 9.17) is 0 Å². The Hall–Kier alpha value is -1.69. The van der Waals surface area contributed by atoms with E-state index in [9.17, 15) is 4.79 Å². The number of thiazole rings is 1. The number of hydrogen-bond acceptors (Lipinski definition) is 5. The summed E-state index contributed by atoms with van der Waals surface area (Å²) in [5, 5.41) is 6.94. The number of carbonyl (C=O) groups excluding carboxylic acids is 1. The number of methoxy groups -OCH3 is 1. The van der Waals surface area contributed by atoms with Crippen molar-refractivity contribution in [3.8, 4) is 10.6 Å². The molecule has 0 aliphatic carbocycles. The first-order valence-corrected chi connectivity index (χ1v) is 6.15. The van der Waals surface area contributed by atoms with Crippen molar-refractivity contribution in [2.75, 3.05) is 7.11 Å². The van der Waals surface area contributed by atoms with E-state index in [-0.39, 0.29) is 12.4 Å². The fraction of sp³-hybridized carbons (Fsp3) is 0.364. The van der Waals surface area contributed by atoms with Gasteiger partial charge in [0.25, 0.3) is 0 Å². The SMILES string of the molecule is CCn1cc(-c2nc(CC(=O)OC)cs2)cn1. The van der Waals surface area contributed by atoms with Crippen LogP contribution in [0.1, 0.15) is 12.6 Å². The van der Waals surface area contributed by atoms with Crippen LogP contribution in [0.5, 0.6) is 0 Å². The van der Waals surface area contributed by atoms with Crippen LogP contribution in [-0.2, 0) is 22.5 Å². The summed E-state index contributed by atoms with van der Waals surface area (Å²) in [6.07, 6.45) is 3.94. The highest BCUT2D eigenvalue weighted by atomic mass is 32.1. The van der Waals surface area contributed by atoms with Gasteiger partial charge in [0.2, 0.25) is 0 Å². The highest BCUT2D eigenvalue weighted by Gasteiger charge is 2.10. The number of esters is 1. The van der Waals surface area contributed by atoms with Gasteiger partial charge in [-0.15, -0.1) is 11.3 Å². The molecule has 0 aliphatic rings. The molecule has 2 aromatic rings. The van der Waals surface area contributed by atoms with Gasteiger partial charge in [0.05, 0.1) is 25.4 Å².